The topological polar surface area (TPSA) is 86.5 Å². The van der Waals surface area contributed by atoms with Crippen LogP contribution >= 0.6 is 11.6 Å². The summed E-state index contributed by atoms with van der Waals surface area (Å²) in [5.41, 5.74) is 2.86. The molecule has 0 heterocycles. The van der Waals surface area contributed by atoms with E-state index in [0.29, 0.717) is 11.8 Å². The molecule has 1 aromatic rings. The van der Waals surface area contributed by atoms with Gasteiger partial charge in [-0.1, -0.05) is 11.6 Å². The van der Waals surface area contributed by atoms with Gasteiger partial charge in [-0.05, 0) is 61.8 Å². The lowest BCUT2D eigenvalue weighted by atomic mass is 9.50. The summed E-state index contributed by atoms with van der Waals surface area (Å²) in [6.45, 7) is -0.390. The number of hydrogen-bond acceptors (Lipinski definition) is 4. The molecule has 4 aliphatic rings. The van der Waals surface area contributed by atoms with Crippen LogP contribution < -0.4 is 10.5 Å². The number of rotatable bonds is 5. The minimum Gasteiger partial charge on any atom is -0.487 e. The summed E-state index contributed by atoms with van der Waals surface area (Å²) in [6.07, 6.45) is 5.13. The minimum atomic E-state index is -4.15. The van der Waals surface area contributed by atoms with Gasteiger partial charge in [-0.15, -0.1) is 0 Å². The number of halogens is 3. The number of ether oxygens (including phenoxy) is 1. The van der Waals surface area contributed by atoms with Crippen LogP contribution in [0.25, 0.3) is 0 Å². The maximum atomic E-state index is 15.9. The first-order chi connectivity index (χ1) is 13.0. The zero-order valence-corrected chi connectivity index (χ0v) is 17.0. The van der Waals surface area contributed by atoms with E-state index in [4.69, 9.17) is 22.1 Å². The summed E-state index contributed by atoms with van der Waals surface area (Å²) in [5, 5.41) is -0.289. The van der Waals surface area contributed by atoms with Crippen LogP contribution in [0.4, 0.5) is 8.78 Å². The lowest BCUT2D eigenvalue weighted by Gasteiger charge is -2.57. The number of carbonyl (C=O) groups is 1. The van der Waals surface area contributed by atoms with E-state index in [-0.39, 0.29) is 23.5 Å². The number of benzene rings is 1. The highest BCUT2D eigenvalue weighted by molar-refractivity contribution is 7.90. The van der Waals surface area contributed by atoms with E-state index in [1.807, 2.05) is 0 Å². The molecule has 5 rings (SSSR count). The number of sulfone groups is 1. The quantitative estimate of drug-likeness (QED) is 0.769. The first kappa shape index (κ1) is 19.9. The molecule has 4 aliphatic carbocycles. The van der Waals surface area contributed by atoms with E-state index in [1.54, 1.807) is 0 Å². The lowest BCUT2D eigenvalue weighted by molar-refractivity contribution is -0.142. The largest absolute Gasteiger partial charge is 0.487 e. The molecule has 0 aliphatic heterocycles. The first-order valence-corrected chi connectivity index (χ1v) is 11.6. The third-order valence-electron chi connectivity index (χ3n) is 6.70. The molecule has 0 spiro atoms. The van der Waals surface area contributed by atoms with Crippen molar-refractivity contribution < 1.29 is 26.7 Å². The SMILES string of the molecule is CS(=O)(=O)c1c(F)c(C(N)=O)cc(Cl)c1OCC1(F)C2CC3CC(C2)CC1C3. The molecule has 2 N–H and O–H groups in total. The smallest absolute Gasteiger partial charge is 0.251 e. The van der Waals surface area contributed by atoms with Crippen molar-refractivity contribution in [3.63, 3.8) is 0 Å². The Morgan fingerprint density at radius 1 is 1.25 bits per heavy atom. The van der Waals surface area contributed by atoms with Crippen LogP contribution in [0.1, 0.15) is 42.5 Å². The van der Waals surface area contributed by atoms with E-state index in [2.05, 4.69) is 0 Å². The Hall–Kier alpha value is -1.41. The molecule has 9 heteroatoms. The van der Waals surface area contributed by atoms with Crippen molar-refractivity contribution in [1.29, 1.82) is 0 Å². The molecule has 5 nitrogen and oxygen atoms in total. The van der Waals surface area contributed by atoms with Gasteiger partial charge in [0.25, 0.3) is 5.91 Å². The van der Waals surface area contributed by atoms with Gasteiger partial charge in [0.2, 0.25) is 0 Å². The highest BCUT2D eigenvalue weighted by Crippen LogP contribution is 2.60. The van der Waals surface area contributed by atoms with Gasteiger partial charge in [0.05, 0.1) is 10.6 Å². The third-order valence-corrected chi connectivity index (χ3v) is 8.09. The number of alkyl halides is 1. The molecule has 1 aromatic carbocycles. The number of nitrogens with two attached hydrogens (primary N) is 1. The number of primary amides is 1. The van der Waals surface area contributed by atoms with Gasteiger partial charge in [0, 0.05) is 6.26 Å². The fourth-order valence-corrected chi connectivity index (χ4v) is 6.87. The molecular formula is C19H22ClF2NO4S. The number of amides is 1. The normalized spacial score (nSPS) is 33.9. The molecule has 0 radical (unpaired) electrons. The molecule has 4 bridgehead atoms. The highest BCUT2D eigenvalue weighted by atomic mass is 35.5. The van der Waals surface area contributed by atoms with Crippen LogP contribution in [-0.2, 0) is 9.84 Å². The molecule has 0 saturated heterocycles. The van der Waals surface area contributed by atoms with Gasteiger partial charge in [0.1, 0.15) is 17.2 Å². The fourth-order valence-electron chi connectivity index (χ4n) is 5.62. The highest BCUT2D eigenvalue weighted by Gasteiger charge is 2.58. The molecular weight excluding hydrogens is 412 g/mol. The Morgan fingerprint density at radius 3 is 2.25 bits per heavy atom. The van der Waals surface area contributed by atoms with Crippen molar-refractivity contribution >= 4 is 27.3 Å². The minimum absolute atomic E-state index is 0.140. The zero-order chi connectivity index (χ0) is 20.4. The Bertz CT molecular complexity index is 922. The van der Waals surface area contributed by atoms with Crippen LogP contribution in [0.5, 0.6) is 5.75 Å². The molecule has 0 unspecified atom stereocenters. The Kier molecular flexibility index (Phi) is 4.65. The van der Waals surface area contributed by atoms with Crippen LogP contribution in [-0.4, -0.2) is 32.9 Å². The Balaban J connectivity index is 1.69. The standard InChI is InChI=1S/C19H22ClF2NO4S/c1-28(25,26)17-15(21)13(18(23)24)7-14(20)16(17)27-8-19(22)11-3-9-2-10(5-11)6-12(19)4-9/h7,9-12H,2-6,8H2,1H3,(H2,23,24). The molecule has 0 aromatic heterocycles. The maximum Gasteiger partial charge on any atom is 0.251 e. The molecule has 0 atom stereocenters. The molecule has 154 valence electrons. The second-order valence-corrected chi connectivity index (χ2v) is 10.9. The van der Waals surface area contributed by atoms with Gasteiger partial charge >= 0.3 is 0 Å². The molecule has 4 fully saturated rings. The summed E-state index contributed by atoms with van der Waals surface area (Å²) in [4.78, 5) is 10.6. The van der Waals surface area contributed by atoms with Gasteiger partial charge in [-0.2, -0.15) is 0 Å². The van der Waals surface area contributed by atoms with Gasteiger partial charge in [0.15, 0.2) is 21.4 Å². The van der Waals surface area contributed by atoms with E-state index in [9.17, 15) is 17.6 Å². The van der Waals surface area contributed by atoms with Crippen LogP contribution in [0.2, 0.25) is 5.02 Å². The van der Waals surface area contributed by atoms with Crippen molar-refractivity contribution in [1.82, 2.24) is 0 Å². The van der Waals surface area contributed by atoms with E-state index >= 15 is 4.39 Å². The molecule has 1 amide bonds. The van der Waals surface area contributed by atoms with Crippen molar-refractivity contribution in [3.05, 3.63) is 22.5 Å². The van der Waals surface area contributed by atoms with Gasteiger partial charge < -0.3 is 10.5 Å². The van der Waals surface area contributed by atoms with E-state index < -0.39 is 43.4 Å². The van der Waals surface area contributed by atoms with E-state index in [1.165, 1.54) is 0 Å². The monoisotopic (exact) mass is 433 g/mol. The van der Waals surface area contributed by atoms with Gasteiger partial charge in [-0.25, -0.2) is 17.2 Å². The maximum absolute atomic E-state index is 15.9. The van der Waals surface area contributed by atoms with Crippen LogP contribution in [0.15, 0.2) is 11.0 Å². The number of hydrogen-bond donors (Lipinski definition) is 1. The van der Waals surface area contributed by atoms with Crippen molar-refractivity contribution in [2.45, 2.75) is 42.7 Å². The van der Waals surface area contributed by atoms with Crippen molar-refractivity contribution in [3.8, 4) is 5.75 Å². The summed E-state index contributed by atoms with van der Waals surface area (Å²) < 4.78 is 60.5. The Morgan fingerprint density at radius 2 is 1.79 bits per heavy atom. The lowest BCUT2D eigenvalue weighted by Crippen LogP contribution is -2.57. The number of carbonyl (C=O) groups excluding carboxylic acids is 1. The Labute approximate surface area is 167 Å². The van der Waals surface area contributed by atoms with Crippen LogP contribution in [0.3, 0.4) is 0 Å². The summed E-state index contributed by atoms with van der Waals surface area (Å²) in [6, 6.07) is 0.922. The first-order valence-electron chi connectivity index (χ1n) is 9.34. The second kappa shape index (κ2) is 6.55. The summed E-state index contributed by atoms with van der Waals surface area (Å²) in [5.74, 6) is -2.12. The predicted molar refractivity (Wildman–Crippen MR) is 99.4 cm³/mol. The van der Waals surface area contributed by atoms with Gasteiger partial charge in [-0.3, -0.25) is 4.79 Å². The predicted octanol–water partition coefficient (Wildman–Crippen LogP) is 3.52. The molecule has 4 saturated carbocycles. The summed E-state index contributed by atoms with van der Waals surface area (Å²) >= 11 is 6.08. The molecule has 28 heavy (non-hydrogen) atoms. The van der Waals surface area contributed by atoms with Crippen LogP contribution in [0, 0.1) is 29.5 Å². The average Bonchev–Trinajstić information content (AvgIpc) is 2.58. The second-order valence-electron chi connectivity index (χ2n) is 8.53. The fraction of sp³-hybridized carbons (Fsp3) is 0.632. The third kappa shape index (κ3) is 3.09. The van der Waals surface area contributed by atoms with Crippen molar-refractivity contribution in [2.24, 2.45) is 29.4 Å². The summed E-state index contributed by atoms with van der Waals surface area (Å²) in [7, 11) is -4.15. The zero-order valence-electron chi connectivity index (χ0n) is 15.4. The average molecular weight is 434 g/mol. The van der Waals surface area contributed by atoms with Crippen molar-refractivity contribution in [2.75, 3.05) is 12.9 Å². The van der Waals surface area contributed by atoms with E-state index in [0.717, 1.165) is 44.4 Å².